The first-order chi connectivity index (χ1) is 11.5. The Kier molecular flexibility index (Phi) is 4.25. The van der Waals surface area contributed by atoms with E-state index in [4.69, 9.17) is 9.97 Å². The van der Waals surface area contributed by atoms with Crippen molar-refractivity contribution in [2.45, 2.75) is 33.2 Å². The van der Waals surface area contributed by atoms with Gasteiger partial charge in [-0.2, -0.15) is 0 Å². The highest BCUT2D eigenvalue weighted by molar-refractivity contribution is 5.80. The molecular weight excluding hydrogens is 302 g/mol. The van der Waals surface area contributed by atoms with Crippen LogP contribution >= 0.6 is 0 Å². The SMILES string of the molecule is Cc1cc2nc(CC(C)[N+](=O)[O-])c(-c3ccccc3)nc2cc1C. The van der Waals surface area contributed by atoms with Crippen LogP contribution in [0, 0.1) is 24.0 Å². The fourth-order valence-corrected chi connectivity index (χ4v) is 2.67. The number of fused-ring (bicyclic) bond motifs is 1. The molecule has 24 heavy (non-hydrogen) atoms. The number of aromatic nitrogens is 2. The van der Waals surface area contributed by atoms with E-state index in [1.54, 1.807) is 6.92 Å². The third-order valence-corrected chi connectivity index (χ3v) is 4.25. The first-order valence-electron chi connectivity index (χ1n) is 7.92. The van der Waals surface area contributed by atoms with Gasteiger partial charge in [0.25, 0.3) is 0 Å². The molecule has 0 saturated carbocycles. The molecule has 2 aromatic carbocycles. The average molecular weight is 321 g/mol. The van der Waals surface area contributed by atoms with Crippen molar-refractivity contribution in [2.24, 2.45) is 0 Å². The van der Waals surface area contributed by atoms with E-state index in [2.05, 4.69) is 0 Å². The van der Waals surface area contributed by atoms with E-state index in [-0.39, 0.29) is 11.3 Å². The van der Waals surface area contributed by atoms with Crippen molar-refractivity contribution >= 4 is 11.0 Å². The van der Waals surface area contributed by atoms with Crippen LogP contribution < -0.4 is 0 Å². The lowest BCUT2D eigenvalue weighted by Gasteiger charge is -2.12. The monoisotopic (exact) mass is 321 g/mol. The number of nitrogens with zero attached hydrogens (tertiary/aromatic N) is 3. The maximum Gasteiger partial charge on any atom is 0.216 e. The second kappa shape index (κ2) is 6.35. The summed E-state index contributed by atoms with van der Waals surface area (Å²) < 4.78 is 0. The Hall–Kier alpha value is -2.82. The van der Waals surface area contributed by atoms with Gasteiger partial charge in [0.15, 0.2) is 0 Å². The molecule has 0 saturated heterocycles. The molecule has 1 aromatic heterocycles. The molecule has 3 rings (SSSR count). The van der Waals surface area contributed by atoms with Crippen LogP contribution in [0.25, 0.3) is 22.3 Å². The van der Waals surface area contributed by atoms with E-state index in [0.717, 1.165) is 33.4 Å². The Morgan fingerprint density at radius 3 is 2.21 bits per heavy atom. The Morgan fingerprint density at radius 2 is 1.62 bits per heavy atom. The van der Waals surface area contributed by atoms with Gasteiger partial charge in [0.1, 0.15) is 0 Å². The van der Waals surface area contributed by atoms with Crippen LogP contribution in [-0.4, -0.2) is 20.9 Å². The molecular formula is C19H19N3O2. The summed E-state index contributed by atoms with van der Waals surface area (Å²) in [5.41, 5.74) is 6.20. The molecule has 1 atom stereocenters. The van der Waals surface area contributed by atoms with Crippen molar-refractivity contribution < 1.29 is 4.92 Å². The van der Waals surface area contributed by atoms with Crippen molar-refractivity contribution in [3.05, 3.63) is 69.4 Å². The minimum absolute atomic E-state index is 0.257. The molecule has 122 valence electrons. The van der Waals surface area contributed by atoms with Crippen LogP contribution in [-0.2, 0) is 6.42 Å². The van der Waals surface area contributed by atoms with Gasteiger partial charge >= 0.3 is 0 Å². The van der Waals surface area contributed by atoms with Gasteiger partial charge in [0.05, 0.1) is 28.8 Å². The second-order valence-electron chi connectivity index (χ2n) is 6.15. The Labute approximate surface area is 140 Å². The van der Waals surface area contributed by atoms with E-state index in [1.165, 1.54) is 0 Å². The first kappa shape index (κ1) is 16.1. The van der Waals surface area contributed by atoms with Crippen LogP contribution in [0.3, 0.4) is 0 Å². The molecule has 1 heterocycles. The third kappa shape index (κ3) is 3.11. The fourth-order valence-electron chi connectivity index (χ4n) is 2.67. The lowest BCUT2D eigenvalue weighted by Crippen LogP contribution is -2.19. The van der Waals surface area contributed by atoms with Crippen LogP contribution in [0.5, 0.6) is 0 Å². The second-order valence-corrected chi connectivity index (χ2v) is 6.15. The summed E-state index contributed by atoms with van der Waals surface area (Å²) in [6.45, 7) is 5.67. The summed E-state index contributed by atoms with van der Waals surface area (Å²) >= 11 is 0. The minimum atomic E-state index is -0.703. The number of aryl methyl sites for hydroxylation is 2. The molecule has 3 aromatic rings. The normalized spacial score (nSPS) is 12.3. The number of benzene rings is 2. The molecule has 5 heteroatoms. The zero-order valence-corrected chi connectivity index (χ0v) is 14.0. The van der Waals surface area contributed by atoms with E-state index >= 15 is 0 Å². The highest BCUT2D eigenvalue weighted by atomic mass is 16.6. The van der Waals surface area contributed by atoms with Gasteiger partial charge < -0.3 is 0 Å². The topological polar surface area (TPSA) is 68.9 Å². The highest BCUT2D eigenvalue weighted by Crippen LogP contribution is 2.26. The van der Waals surface area contributed by atoms with E-state index < -0.39 is 6.04 Å². The number of nitro groups is 1. The standard InChI is InChI=1S/C19H19N3O2/c1-12-9-16-17(10-13(12)2)21-19(15-7-5-4-6-8-15)18(20-16)11-14(3)22(23)24/h4-10,14H,11H2,1-3H3. The molecule has 1 unspecified atom stereocenters. The van der Waals surface area contributed by atoms with E-state index in [9.17, 15) is 10.1 Å². The van der Waals surface area contributed by atoms with Gasteiger partial charge in [-0.3, -0.25) is 10.1 Å². The van der Waals surface area contributed by atoms with E-state index in [1.807, 2.05) is 56.3 Å². The summed E-state index contributed by atoms with van der Waals surface area (Å²) in [4.78, 5) is 20.3. The largest absolute Gasteiger partial charge is 0.264 e. The molecule has 0 radical (unpaired) electrons. The van der Waals surface area contributed by atoms with Gasteiger partial charge in [0.2, 0.25) is 6.04 Å². The number of hydrogen-bond acceptors (Lipinski definition) is 4. The Morgan fingerprint density at radius 1 is 1.04 bits per heavy atom. The summed E-state index contributed by atoms with van der Waals surface area (Å²) in [5, 5.41) is 11.1. The van der Waals surface area contributed by atoms with Crippen LogP contribution in [0.1, 0.15) is 23.7 Å². The molecule has 0 bridgehead atoms. The van der Waals surface area contributed by atoms with Gasteiger partial charge in [-0.25, -0.2) is 9.97 Å². The van der Waals surface area contributed by atoms with Gasteiger partial charge in [0, 0.05) is 17.4 Å². The zero-order chi connectivity index (χ0) is 17.3. The molecule has 0 aliphatic heterocycles. The van der Waals surface area contributed by atoms with Gasteiger partial charge in [-0.05, 0) is 37.1 Å². The number of rotatable bonds is 4. The highest BCUT2D eigenvalue weighted by Gasteiger charge is 2.20. The molecule has 5 nitrogen and oxygen atoms in total. The Balaban J connectivity index is 2.21. The lowest BCUT2D eigenvalue weighted by molar-refractivity contribution is -0.517. The van der Waals surface area contributed by atoms with Crippen molar-refractivity contribution in [3.8, 4) is 11.3 Å². The van der Waals surface area contributed by atoms with Crippen LogP contribution in [0.2, 0.25) is 0 Å². The maximum atomic E-state index is 11.1. The molecule has 0 spiro atoms. The maximum absolute atomic E-state index is 11.1. The molecule has 0 aliphatic rings. The quantitative estimate of drug-likeness (QED) is 0.535. The summed E-state index contributed by atoms with van der Waals surface area (Å²) in [7, 11) is 0. The van der Waals surface area contributed by atoms with Crippen LogP contribution in [0.4, 0.5) is 0 Å². The summed E-state index contributed by atoms with van der Waals surface area (Å²) in [5.74, 6) is 0. The minimum Gasteiger partial charge on any atom is -0.264 e. The van der Waals surface area contributed by atoms with Crippen molar-refractivity contribution in [1.29, 1.82) is 0 Å². The predicted molar refractivity (Wildman–Crippen MR) is 94.6 cm³/mol. The molecule has 0 amide bonds. The summed E-state index contributed by atoms with van der Waals surface area (Å²) in [6, 6.07) is 13.0. The third-order valence-electron chi connectivity index (χ3n) is 4.25. The molecule has 0 N–H and O–H groups in total. The van der Waals surface area contributed by atoms with Crippen LogP contribution in [0.15, 0.2) is 42.5 Å². The molecule has 0 aliphatic carbocycles. The van der Waals surface area contributed by atoms with Crippen molar-refractivity contribution in [1.82, 2.24) is 9.97 Å². The van der Waals surface area contributed by atoms with Gasteiger partial charge in [-0.15, -0.1) is 0 Å². The Bertz CT molecular complexity index is 907. The smallest absolute Gasteiger partial charge is 0.216 e. The first-order valence-corrected chi connectivity index (χ1v) is 7.92. The number of hydrogen-bond donors (Lipinski definition) is 0. The fraction of sp³-hybridized carbons (Fsp3) is 0.263. The van der Waals surface area contributed by atoms with Crippen molar-refractivity contribution in [2.75, 3.05) is 0 Å². The zero-order valence-electron chi connectivity index (χ0n) is 14.0. The predicted octanol–water partition coefficient (Wildman–Crippen LogP) is 4.12. The molecule has 0 fully saturated rings. The van der Waals surface area contributed by atoms with E-state index in [0.29, 0.717) is 5.69 Å². The average Bonchev–Trinajstić information content (AvgIpc) is 2.56. The summed E-state index contributed by atoms with van der Waals surface area (Å²) in [6.07, 6.45) is 0.257. The van der Waals surface area contributed by atoms with Crippen molar-refractivity contribution in [3.63, 3.8) is 0 Å². The van der Waals surface area contributed by atoms with Gasteiger partial charge in [-0.1, -0.05) is 30.3 Å². The lowest BCUT2D eigenvalue weighted by atomic mass is 10.0.